The van der Waals surface area contributed by atoms with Crippen molar-refractivity contribution in [1.29, 1.82) is 0 Å². The van der Waals surface area contributed by atoms with Crippen molar-refractivity contribution in [3.8, 4) is 11.5 Å². The van der Waals surface area contributed by atoms with Gasteiger partial charge in [-0.05, 0) is 24.3 Å². The van der Waals surface area contributed by atoms with Gasteiger partial charge in [0.2, 0.25) is 0 Å². The summed E-state index contributed by atoms with van der Waals surface area (Å²) < 4.78 is 16.5. The van der Waals surface area contributed by atoms with Crippen molar-refractivity contribution in [2.24, 2.45) is 0 Å². The first kappa shape index (κ1) is 12.1. The Morgan fingerprint density at radius 3 is 2.63 bits per heavy atom. The van der Waals surface area contributed by atoms with E-state index >= 15 is 0 Å². The van der Waals surface area contributed by atoms with Crippen LogP contribution in [0.2, 0.25) is 0 Å². The van der Waals surface area contributed by atoms with Crippen LogP contribution in [0.25, 0.3) is 0 Å². The minimum atomic E-state index is 0.228. The molecular formula is C15H17NO3. The van der Waals surface area contributed by atoms with Crippen LogP contribution in [0, 0.1) is 0 Å². The maximum atomic E-state index is 5.92. The number of benzene rings is 1. The largest absolute Gasteiger partial charge is 0.493 e. The molecule has 19 heavy (non-hydrogen) atoms. The highest BCUT2D eigenvalue weighted by molar-refractivity contribution is 5.39. The number of methoxy groups -OCH3 is 1. The molecule has 0 amide bonds. The Hall–Kier alpha value is -1.94. The molecule has 2 aromatic rings. The van der Waals surface area contributed by atoms with Gasteiger partial charge in [-0.2, -0.15) is 0 Å². The summed E-state index contributed by atoms with van der Waals surface area (Å²) in [6.45, 7) is 2.68. The summed E-state index contributed by atoms with van der Waals surface area (Å²) in [7, 11) is 1.66. The lowest BCUT2D eigenvalue weighted by molar-refractivity contribution is 0.00932. The summed E-state index contributed by atoms with van der Waals surface area (Å²) in [5, 5.41) is 0. The molecule has 4 heteroatoms. The first-order valence-corrected chi connectivity index (χ1v) is 6.39. The summed E-state index contributed by atoms with van der Waals surface area (Å²) >= 11 is 0. The van der Waals surface area contributed by atoms with Gasteiger partial charge in [-0.25, -0.2) is 0 Å². The molecule has 0 spiro atoms. The molecule has 1 aromatic heterocycles. The van der Waals surface area contributed by atoms with Crippen LogP contribution in [0.5, 0.6) is 11.5 Å². The molecule has 4 nitrogen and oxygen atoms in total. The van der Waals surface area contributed by atoms with Crippen LogP contribution in [0.15, 0.2) is 47.1 Å². The highest BCUT2D eigenvalue weighted by atomic mass is 16.5. The average molecular weight is 259 g/mol. The Balaban J connectivity index is 1.51. The van der Waals surface area contributed by atoms with E-state index in [2.05, 4.69) is 4.90 Å². The lowest BCUT2D eigenvalue weighted by atomic mass is 10.1. The van der Waals surface area contributed by atoms with Crippen LogP contribution in [-0.2, 0) is 6.54 Å². The quantitative estimate of drug-likeness (QED) is 0.826. The van der Waals surface area contributed by atoms with E-state index in [9.17, 15) is 0 Å². The smallest absolute Gasteiger partial charge is 0.161 e. The monoisotopic (exact) mass is 259 g/mol. The fraction of sp³-hybridized carbons (Fsp3) is 0.333. The zero-order valence-corrected chi connectivity index (χ0v) is 10.9. The molecule has 1 aliphatic heterocycles. The second-order valence-corrected chi connectivity index (χ2v) is 4.66. The molecule has 0 unspecified atom stereocenters. The molecule has 1 saturated heterocycles. The molecule has 0 bridgehead atoms. The number of ether oxygens (including phenoxy) is 2. The molecule has 1 aliphatic rings. The van der Waals surface area contributed by atoms with Crippen LogP contribution < -0.4 is 9.47 Å². The van der Waals surface area contributed by atoms with Gasteiger partial charge in [-0.1, -0.05) is 12.1 Å². The van der Waals surface area contributed by atoms with Crippen molar-refractivity contribution >= 4 is 0 Å². The summed E-state index contributed by atoms with van der Waals surface area (Å²) in [6.07, 6.45) is 1.93. The third kappa shape index (κ3) is 2.74. The lowest BCUT2D eigenvalue weighted by Crippen LogP contribution is -2.53. The van der Waals surface area contributed by atoms with E-state index in [-0.39, 0.29) is 6.10 Å². The molecule has 100 valence electrons. The molecule has 3 rings (SSSR count). The van der Waals surface area contributed by atoms with Gasteiger partial charge in [0.15, 0.2) is 11.5 Å². The van der Waals surface area contributed by atoms with Crippen LogP contribution in [0.1, 0.15) is 5.76 Å². The van der Waals surface area contributed by atoms with Gasteiger partial charge in [-0.15, -0.1) is 0 Å². The van der Waals surface area contributed by atoms with E-state index < -0.39 is 0 Å². The first-order chi connectivity index (χ1) is 9.35. The Bertz CT molecular complexity index is 518. The predicted molar refractivity (Wildman–Crippen MR) is 71.4 cm³/mol. The second-order valence-electron chi connectivity index (χ2n) is 4.66. The van der Waals surface area contributed by atoms with E-state index in [1.807, 2.05) is 36.4 Å². The molecule has 0 saturated carbocycles. The normalized spacial score (nSPS) is 16.1. The zero-order chi connectivity index (χ0) is 13.1. The number of rotatable bonds is 5. The Labute approximate surface area is 112 Å². The topological polar surface area (TPSA) is 34.8 Å². The van der Waals surface area contributed by atoms with E-state index in [4.69, 9.17) is 13.9 Å². The van der Waals surface area contributed by atoms with Gasteiger partial charge in [0, 0.05) is 13.1 Å². The Morgan fingerprint density at radius 2 is 1.95 bits per heavy atom. The molecular weight excluding hydrogens is 242 g/mol. The maximum absolute atomic E-state index is 5.92. The summed E-state index contributed by atoms with van der Waals surface area (Å²) in [5.74, 6) is 2.59. The Morgan fingerprint density at radius 1 is 1.16 bits per heavy atom. The molecule has 2 heterocycles. The van der Waals surface area contributed by atoms with Crippen molar-refractivity contribution < 1.29 is 13.9 Å². The molecule has 0 aliphatic carbocycles. The highest BCUT2D eigenvalue weighted by Gasteiger charge is 2.29. The number of furan rings is 1. The van der Waals surface area contributed by atoms with Crippen molar-refractivity contribution in [3.63, 3.8) is 0 Å². The fourth-order valence-corrected chi connectivity index (χ4v) is 2.24. The second kappa shape index (κ2) is 5.36. The van der Waals surface area contributed by atoms with Crippen molar-refractivity contribution in [2.75, 3.05) is 20.2 Å². The fourth-order valence-electron chi connectivity index (χ4n) is 2.24. The Kier molecular flexibility index (Phi) is 3.42. The van der Waals surface area contributed by atoms with Crippen LogP contribution >= 0.6 is 0 Å². The van der Waals surface area contributed by atoms with Crippen LogP contribution in [-0.4, -0.2) is 31.2 Å². The molecule has 1 fully saturated rings. The van der Waals surface area contributed by atoms with Crippen molar-refractivity contribution in [2.45, 2.75) is 12.6 Å². The maximum Gasteiger partial charge on any atom is 0.161 e. The van der Waals surface area contributed by atoms with Gasteiger partial charge in [0.25, 0.3) is 0 Å². The number of likely N-dealkylation sites (tertiary alicyclic amines) is 1. The van der Waals surface area contributed by atoms with Crippen molar-refractivity contribution in [3.05, 3.63) is 48.4 Å². The third-order valence-electron chi connectivity index (χ3n) is 3.25. The molecule has 0 atom stereocenters. The van der Waals surface area contributed by atoms with Gasteiger partial charge in [0.1, 0.15) is 11.9 Å². The molecule has 1 aromatic carbocycles. The molecule has 0 radical (unpaired) electrons. The molecule has 0 N–H and O–H groups in total. The van der Waals surface area contributed by atoms with Gasteiger partial charge in [-0.3, -0.25) is 4.90 Å². The zero-order valence-electron chi connectivity index (χ0n) is 10.9. The van der Waals surface area contributed by atoms with Crippen molar-refractivity contribution in [1.82, 2.24) is 4.90 Å². The summed E-state index contributed by atoms with van der Waals surface area (Å²) in [4.78, 5) is 2.29. The number of hydrogen-bond acceptors (Lipinski definition) is 4. The van der Waals surface area contributed by atoms with E-state index in [0.717, 1.165) is 36.9 Å². The SMILES string of the molecule is COc1ccccc1OC1CN(Cc2ccco2)C1. The first-order valence-electron chi connectivity index (χ1n) is 6.39. The minimum Gasteiger partial charge on any atom is -0.493 e. The summed E-state index contributed by atoms with van der Waals surface area (Å²) in [5.41, 5.74) is 0. The predicted octanol–water partition coefficient (Wildman–Crippen LogP) is 2.55. The number of hydrogen-bond donors (Lipinski definition) is 0. The lowest BCUT2D eigenvalue weighted by Gasteiger charge is -2.38. The van der Waals surface area contributed by atoms with E-state index in [1.165, 1.54) is 0 Å². The van der Waals surface area contributed by atoms with E-state index in [1.54, 1.807) is 13.4 Å². The average Bonchev–Trinajstić information content (AvgIpc) is 2.89. The number of nitrogens with zero attached hydrogens (tertiary/aromatic N) is 1. The van der Waals surface area contributed by atoms with Gasteiger partial charge < -0.3 is 13.9 Å². The number of para-hydroxylation sites is 2. The summed E-state index contributed by atoms with van der Waals surface area (Å²) in [6, 6.07) is 11.7. The third-order valence-corrected chi connectivity index (χ3v) is 3.25. The van der Waals surface area contributed by atoms with Crippen LogP contribution in [0.3, 0.4) is 0 Å². The minimum absolute atomic E-state index is 0.228. The van der Waals surface area contributed by atoms with Gasteiger partial charge in [0.05, 0.1) is 19.9 Å². The van der Waals surface area contributed by atoms with Gasteiger partial charge >= 0.3 is 0 Å². The standard InChI is InChI=1S/C15H17NO3/c1-17-14-6-2-3-7-15(14)19-13-10-16(11-13)9-12-5-4-8-18-12/h2-8,13H,9-11H2,1H3. The highest BCUT2D eigenvalue weighted by Crippen LogP contribution is 2.28. The van der Waals surface area contributed by atoms with Crippen LogP contribution in [0.4, 0.5) is 0 Å². The van der Waals surface area contributed by atoms with E-state index in [0.29, 0.717) is 0 Å².